The molecule has 0 saturated heterocycles. The summed E-state index contributed by atoms with van der Waals surface area (Å²) in [6.45, 7) is 17.1. The molecule has 3 unspecified atom stereocenters. The zero-order valence-electron chi connectivity index (χ0n) is 23.6. The predicted octanol–water partition coefficient (Wildman–Crippen LogP) is 5.31. The third-order valence-corrected chi connectivity index (χ3v) is 5.68. The smallest absolute Gasteiger partial charge is 0.408 e. The van der Waals surface area contributed by atoms with Gasteiger partial charge >= 0.3 is 6.09 Å². The minimum Gasteiger partial charge on any atom is -0.508 e. The molecule has 0 spiro atoms. The van der Waals surface area contributed by atoms with Crippen molar-refractivity contribution in [1.29, 1.82) is 0 Å². The zero-order chi connectivity index (χ0) is 27.7. The maximum Gasteiger partial charge on any atom is 0.408 e. The van der Waals surface area contributed by atoms with Crippen molar-refractivity contribution in [1.82, 2.24) is 15.5 Å². The summed E-state index contributed by atoms with van der Waals surface area (Å²) in [5.41, 5.74) is -0.749. The fourth-order valence-corrected chi connectivity index (χ4v) is 3.80. The lowest BCUT2D eigenvalue weighted by Crippen LogP contribution is -2.56. The van der Waals surface area contributed by atoms with Gasteiger partial charge in [-0.2, -0.15) is 0 Å². The molecule has 0 bridgehead atoms. The molecule has 3 atom stereocenters. The summed E-state index contributed by atoms with van der Waals surface area (Å²) >= 11 is 0. The van der Waals surface area contributed by atoms with E-state index < -0.39 is 29.3 Å². The van der Waals surface area contributed by atoms with Crippen LogP contribution in [0.1, 0.15) is 99.6 Å². The quantitative estimate of drug-likeness (QED) is 0.353. The van der Waals surface area contributed by atoms with Crippen LogP contribution in [0.5, 0.6) is 5.75 Å². The van der Waals surface area contributed by atoms with E-state index in [4.69, 9.17) is 4.74 Å². The molecule has 3 N–H and O–H groups in total. The van der Waals surface area contributed by atoms with Crippen LogP contribution >= 0.6 is 0 Å². The molecule has 1 aromatic rings. The van der Waals surface area contributed by atoms with Crippen LogP contribution in [0, 0.1) is 5.92 Å². The van der Waals surface area contributed by atoms with E-state index in [-0.39, 0.29) is 23.5 Å². The monoisotopic (exact) mass is 505 g/mol. The van der Waals surface area contributed by atoms with Gasteiger partial charge in [-0.25, -0.2) is 4.79 Å². The Balaban J connectivity index is 3.54. The Hall–Kier alpha value is -2.77. The lowest BCUT2D eigenvalue weighted by atomic mass is 9.95. The van der Waals surface area contributed by atoms with E-state index in [0.29, 0.717) is 24.9 Å². The summed E-state index contributed by atoms with van der Waals surface area (Å²) in [7, 11) is 0. The first-order valence-corrected chi connectivity index (χ1v) is 13.0. The summed E-state index contributed by atoms with van der Waals surface area (Å²) in [5.74, 6) is -0.900. The highest BCUT2D eigenvalue weighted by molar-refractivity contribution is 5.92. The van der Waals surface area contributed by atoms with E-state index >= 15 is 0 Å². The van der Waals surface area contributed by atoms with E-state index in [1.54, 1.807) is 37.8 Å². The van der Waals surface area contributed by atoms with Crippen molar-refractivity contribution < 1.29 is 24.2 Å². The second-order valence-corrected chi connectivity index (χ2v) is 11.5. The molecule has 1 aromatic carbocycles. The number of benzene rings is 1. The summed E-state index contributed by atoms with van der Waals surface area (Å²) in [6.07, 6.45) is 2.48. The first-order chi connectivity index (χ1) is 16.6. The number of carbonyl (C=O) groups excluding carboxylic acids is 3. The Morgan fingerprint density at radius 2 is 1.69 bits per heavy atom. The molecule has 0 aliphatic heterocycles. The standard InChI is InChI=1S/C28H47N3O5/c1-10-12-13-17-31(25(34)22(19(3)11-2)29-26(35)36-28(7,8)9)23(24(33)30-27(4,5)6)20-15-14-16-21(32)18-20/h14-16,18-19,22-23,32H,10-13,17H2,1-9H3,(H,29,35)(H,30,33). The first-order valence-electron chi connectivity index (χ1n) is 13.0. The van der Waals surface area contributed by atoms with Crippen molar-refractivity contribution in [2.45, 2.75) is 111 Å². The van der Waals surface area contributed by atoms with Crippen molar-refractivity contribution in [3.63, 3.8) is 0 Å². The molecule has 3 amide bonds. The average Bonchev–Trinajstić information content (AvgIpc) is 2.73. The highest BCUT2D eigenvalue weighted by Crippen LogP contribution is 2.28. The molecule has 8 nitrogen and oxygen atoms in total. The van der Waals surface area contributed by atoms with E-state index in [0.717, 1.165) is 12.8 Å². The maximum absolute atomic E-state index is 14.1. The number of hydrogen-bond donors (Lipinski definition) is 3. The third-order valence-electron chi connectivity index (χ3n) is 5.68. The van der Waals surface area contributed by atoms with Gasteiger partial charge in [-0.1, -0.05) is 52.2 Å². The van der Waals surface area contributed by atoms with Crippen LogP contribution in [0.25, 0.3) is 0 Å². The largest absolute Gasteiger partial charge is 0.508 e. The number of nitrogens with zero attached hydrogens (tertiary/aromatic N) is 1. The maximum atomic E-state index is 14.1. The van der Waals surface area contributed by atoms with Crippen molar-refractivity contribution in [3.8, 4) is 5.75 Å². The van der Waals surface area contributed by atoms with Crippen LogP contribution in [-0.4, -0.2) is 51.6 Å². The van der Waals surface area contributed by atoms with Gasteiger partial charge in [0.2, 0.25) is 11.8 Å². The third kappa shape index (κ3) is 10.5. The SMILES string of the molecule is CCCCCN(C(=O)C(NC(=O)OC(C)(C)C)C(C)CC)C(C(=O)NC(C)(C)C)c1cccc(O)c1. The van der Waals surface area contributed by atoms with E-state index in [2.05, 4.69) is 17.6 Å². The molecule has 0 aliphatic carbocycles. The Kier molecular flexibility index (Phi) is 11.7. The number of phenols is 1. The van der Waals surface area contributed by atoms with Gasteiger partial charge < -0.3 is 25.4 Å². The Morgan fingerprint density at radius 1 is 1.06 bits per heavy atom. The highest BCUT2D eigenvalue weighted by Gasteiger charge is 2.38. The van der Waals surface area contributed by atoms with Crippen LogP contribution in [0.3, 0.4) is 0 Å². The van der Waals surface area contributed by atoms with Gasteiger partial charge in [0.1, 0.15) is 23.4 Å². The van der Waals surface area contributed by atoms with Gasteiger partial charge in [0, 0.05) is 12.1 Å². The number of carbonyl (C=O) groups is 3. The lowest BCUT2D eigenvalue weighted by molar-refractivity contribution is -0.144. The number of hydrogen-bond acceptors (Lipinski definition) is 5. The molecular formula is C28H47N3O5. The van der Waals surface area contributed by atoms with Crippen molar-refractivity contribution in [3.05, 3.63) is 29.8 Å². The fourth-order valence-electron chi connectivity index (χ4n) is 3.80. The highest BCUT2D eigenvalue weighted by atomic mass is 16.6. The Morgan fingerprint density at radius 3 is 2.19 bits per heavy atom. The summed E-state index contributed by atoms with van der Waals surface area (Å²) in [5, 5.41) is 15.9. The molecule has 36 heavy (non-hydrogen) atoms. The van der Waals surface area contributed by atoms with Crippen LogP contribution < -0.4 is 10.6 Å². The fraction of sp³-hybridized carbons (Fsp3) is 0.679. The van der Waals surface area contributed by atoms with Gasteiger partial charge in [-0.15, -0.1) is 0 Å². The van der Waals surface area contributed by atoms with E-state index in [9.17, 15) is 19.5 Å². The topological polar surface area (TPSA) is 108 Å². The number of amides is 3. The second kappa shape index (κ2) is 13.5. The molecule has 0 heterocycles. The molecule has 0 fully saturated rings. The van der Waals surface area contributed by atoms with Gasteiger partial charge in [0.25, 0.3) is 0 Å². The molecule has 0 radical (unpaired) electrons. The van der Waals surface area contributed by atoms with Gasteiger partial charge in [-0.3, -0.25) is 9.59 Å². The second-order valence-electron chi connectivity index (χ2n) is 11.5. The van der Waals surface area contributed by atoms with Crippen LogP contribution in [-0.2, 0) is 14.3 Å². The van der Waals surface area contributed by atoms with E-state index in [1.807, 2.05) is 34.6 Å². The number of rotatable bonds is 11. The predicted molar refractivity (Wildman–Crippen MR) is 143 cm³/mol. The number of nitrogens with one attached hydrogen (secondary N) is 2. The summed E-state index contributed by atoms with van der Waals surface area (Å²) in [6, 6.07) is 4.56. The molecule has 0 aromatic heterocycles. The summed E-state index contributed by atoms with van der Waals surface area (Å²) in [4.78, 5) is 42.0. The van der Waals surface area contributed by atoms with Gasteiger partial charge in [-0.05, 0) is 71.6 Å². The molecule has 0 saturated carbocycles. The normalized spacial score (nSPS) is 14.4. The van der Waals surface area contributed by atoms with Crippen molar-refractivity contribution in [2.24, 2.45) is 5.92 Å². The minimum atomic E-state index is -0.979. The van der Waals surface area contributed by atoms with Crippen LogP contribution in [0.2, 0.25) is 0 Å². The van der Waals surface area contributed by atoms with Crippen LogP contribution in [0.4, 0.5) is 4.79 Å². The number of ether oxygens (including phenoxy) is 1. The first kappa shape index (κ1) is 31.3. The van der Waals surface area contributed by atoms with Crippen molar-refractivity contribution >= 4 is 17.9 Å². The number of unbranched alkanes of at least 4 members (excludes halogenated alkanes) is 2. The molecule has 1 rings (SSSR count). The van der Waals surface area contributed by atoms with Gasteiger partial charge in [0.05, 0.1) is 0 Å². The molecular weight excluding hydrogens is 458 g/mol. The zero-order valence-corrected chi connectivity index (χ0v) is 23.6. The Labute approximate surface area is 217 Å². The minimum absolute atomic E-state index is 0.00683. The van der Waals surface area contributed by atoms with Gasteiger partial charge in [0.15, 0.2) is 0 Å². The molecule has 8 heteroatoms. The Bertz CT molecular complexity index is 873. The molecule has 0 aliphatic rings. The van der Waals surface area contributed by atoms with Crippen LogP contribution in [0.15, 0.2) is 24.3 Å². The lowest BCUT2D eigenvalue weighted by Gasteiger charge is -2.37. The number of aromatic hydroxyl groups is 1. The molecule has 204 valence electrons. The number of alkyl carbamates (subject to hydrolysis) is 1. The average molecular weight is 506 g/mol. The van der Waals surface area contributed by atoms with Crippen molar-refractivity contribution in [2.75, 3.05) is 6.54 Å². The summed E-state index contributed by atoms with van der Waals surface area (Å²) < 4.78 is 5.43. The van der Waals surface area contributed by atoms with E-state index in [1.165, 1.54) is 12.1 Å². The number of phenolic OH excluding ortho intramolecular Hbond substituents is 1.